The molecule has 4 aromatic carbocycles. The van der Waals surface area contributed by atoms with Gasteiger partial charge in [-0.1, -0.05) is 0 Å². The van der Waals surface area contributed by atoms with Crippen molar-refractivity contribution >= 4 is 23.7 Å². The Labute approximate surface area is 194 Å². The zero-order valence-corrected chi connectivity index (χ0v) is 19.3. The minimum absolute atomic E-state index is 0.136. The standard InChI is InChI=1S/C28H26NO3P/c1-31-28(30)29-33(24-18-10-4-11-19-24,25-20-12-5-13-21-25)27(23-16-8-3-9-17-23)26(32-33)22-14-6-2-7-15-22/h2-21,26-27H,1H3,(H,29,30). The molecule has 5 heteroatoms. The van der Waals surface area contributed by atoms with Crippen molar-refractivity contribution in [3.63, 3.8) is 0 Å². The molecule has 1 aliphatic heterocycles. The van der Waals surface area contributed by atoms with Gasteiger partial charge in [0.1, 0.15) is 0 Å². The van der Waals surface area contributed by atoms with E-state index in [-0.39, 0.29) is 11.8 Å². The monoisotopic (exact) mass is 455 g/mol. The first-order valence-electron chi connectivity index (χ1n) is 11.0. The molecule has 166 valence electrons. The van der Waals surface area contributed by atoms with Crippen molar-refractivity contribution in [3.8, 4) is 0 Å². The molecule has 33 heavy (non-hydrogen) atoms. The summed E-state index contributed by atoms with van der Waals surface area (Å²) in [6.07, 6.45) is -0.739. The summed E-state index contributed by atoms with van der Waals surface area (Å²) in [5.74, 6) is 0. The minimum atomic E-state index is -3.79. The van der Waals surface area contributed by atoms with Gasteiger partial charge >= 0.3 is 194 Å². The number of ether oxygens (including phenoxy) is 1. The molecule has 0 aromatic heterocycles. The van der Waals surface area contributed by atoms with Gasteiger partial charge in [0, 0.05) is 0 Å². The molecular formula is C28H26NO3P. The Kier molecular flexibility index (Phi) is 5.49. The van der Waals surface area contributed by atoms with Gasteiger partial charge in [-0.15, -0.1) is 0 Å². The van der Waals surface area contributed by atoms with Crippen LogP contribution in [0.2, 0.25) is 0 Å². The summed E-state index contributed by atoms with van der Waals surface area (Å²) in [5, 5.41) is 5.24. The van der Waals surface area contributed by atoms with Crippen LogP contribution in [0.4, 0.5) is 4.79 Å². The molecule has 0 saturated carbocycles. The fourth-order valence-electron chi connectivity index (χ4n) is 5.04. The maximum atomic E-state index is 13.0. The van der Waals surface area contributed by atoms with Crippen LogP contribution in [0.15, 0.2) is 121 Å². The molecule has 1 N–H and O–H groups in total. The summed E-state index contributed by atoms with van der Waals surface area (Å²) in [6.45, 7) is -3.79. The molecule has 4 aromatic rings. The van der Waals surface area contributed by atoms with Crippen LogP contribution in [0.25, 0.3) is 0 Å². The van der Waals surface area contributed by atoms with Crippen molar-refractivity contribution in [2.24, 2.45) is 0 Å². The average molecular weight is 455 g/mol. The first-order chi connectivity index (χ1) is 16.2. The van der Waals surface area contributed by atoms with E-state index in [2.05, 4.69) is 53.6 Å². The van der Waals surface area contributed by atoms with Crippen LogP contribution in [0.3, 0.4) is 0 Å². The normalized spacial score (nSPS) is 21.5. The van der Waals surface area contributed by atoms with Gasteiger partial charge in [-0.3, -0.25) is 0 Å². The maximum absolute atomic E-state index is 13.0. The average Bonchev–Trinajstić information content (AvgIpc) is 2.88. The van der Waals surface area contributed by atoms with Gasteiger partial charge in [-0.05, 0) is 0 Å². The second-order valence-corrected chi connectivity index (χ2v) is 12.4. The van der Waals surface area contributed by atoms with Gasteiger partial charge in [0.2, 0.25) is 0 Å². The molecule has 1 aliphatic rings. The number of benzene rings is 4. The van der Waals surface area contributed by atoms with Crippen molar-refractivity contribution in [2.75, 3.05) is 7.11 Å². The third-order valence-electron chi connectivity index (χ3n) is 6.46. The Morgan fingerprint density at radius 1 is 0.697 bits per heavy atom. The summed E-state index contributed by atoms with van der Waals surface area (Å²) in [6, 6.07) is 40.7. The second kappa shape index (κ2) is 8.47. The molecule has 5 rings (SSSR count). The Balaban J connectivity index is 1.86. The van der Waals surface area contributed by atoms with E-state index < -0.39 is 13.1 Å². The molecule has 2 atom stereocenters. The number of rotatable bonds is 5. The van der Waals surface area contributed by atoms with E-state index in [0.29, 0.717) is 0 Å². The van der Waals surface area contributed by atoms with Crippen LogP contribution >= 0.6 is 6.98 Å². The number of nitrogens with one attached hydrogen (secondary N) is 1. The van der Waals surface area contributed by atoms with Crippen LogP contribution in [0, 0.1) is 0 Å². The molecule has 1 fully saturated rings. The van der Waals surface area contributed by atoms with Gasteiger partial charge < -0.3 is 0 Å². The van der Waals surface area contributed by atoms with Crippen molar-refractivity contribution in [2.45, 2.75) is 11.8 Å². The summed E-state index contributed by atoms with van der Waals surface area (Å²) in [5.41, 5.74) is 2.05. The van der Waals surface area contributed by atoms with Gasteiger partial charge in [-0.2, -0.15) is 0 Å². The third-order valence-corrected chi connectivity index (χ3v) is 12.0. The zero-order chi connectivity index (χ0) is 22.8. The SMILES string of the molecule is COC(=O)NP1(c2ccccc2)(c2ccccc2)OC(c2ccccc2)C1c1ccccc1. The van der Waals surface area contributed by atoms with Gasteiger partial charge in [0.05, 0.1) is 0 Å². The summed E-state index contributed by atoms with van der Waals surface area (Å²) in [4.78, 5) is 13.0. The van der Waals surface area contributed by atoms with E-state index in [1.54, 1.807) is 0 Å². The van der Waals surface area contributed by atoms with Crippen molar-refractivity contribution < 1.29 is 14.1 Å². The molecule has 1 heterocycles. The molecule has 2 unspecified atom stereocenters. The Morgan fingerprint density at radius 2 is 1.12 bits per heavy atom. The Bertz CT molecular complexity index is 1190. The third kappa shape index (κ3) is 3.26. The molecule has 0 spiro atoms. The van der Waals surface area contributed by atoms with E-state index in [0.717, 1.165) is 21.7 Å². The molecule has 0 radical (unpaired) electrons. The van der Waals surface area contributed by atoms with Crippen molar-refractivity contribution in [3.05, 3.63) is 132 Å². The molecule has 1 saturated heterocycles. The number of amides is 1. The van der Waals surface area contributed by atoms with Crippen molar-refractivity contribution in [1.82, 2.24) is 5.09 Å². The van der Waals surface area contributed by atoms with Crippen LogP contribution in [0.1, 0.15) is 22.9 Å². The first kappa shape index (κ1) is 21.4. The number of hydrogen-bond acceptors (Lipinski definition) is 3. The summed E-state index contributed by atoms with van der Waals surface area (Å²) in [7, 11) is 1.39. The predicted octanol–water partition coefficient (Wildman–Crippen LogP) is 5.89. The summed E-state index contributed by atoms with van der Waals surface area (Å²) >= 11 is 0. The summed E-state index contributed by atoms with van der Waals surface area (Å²) < 4.78 is 12.3. The fraction of sp³-hybridized carbons (Fsp3) is 0.107. The number of carbonyl (C=O) groups is 1. The molecular weight excluding hydrogens is 429 g/mol. The van der Waals surface area contributed by atoms with E-state index >= 15 is 0 Å². The number of methoxy groups -OCH3 is 1. The van der Waals surface area contributed by atoms with E-state index in [1.807, 2.05) is 72.8 Å². The number of carbonyl (C=O) groups excluding carboxylic acids is 1. The van der Waals surface area contributed by atoms with Crippen LogP contribution in [-0.2, 0) is 9.26 Å². The predicted molar refractivity (Wildman–Crippen MR) is 134 cm³/mol. The zero-order valence-electron chi connectivity index (χ0n) is 18.4. The van der Waals surface area contributed by atoms with Gasteiger partial charge in [0.15, 0.2) is 0 Å². The Morgan fingerprint density at radius 3 is 1.58 bits per heavy atom. The fourth-order valence-corrected chi connectivity index (χ4v) is 10.8. The second-order valence-electron chi connectivity index (χ2n) is 8.17. The molecule has 0 aliphatic carbocycles. The Hall–Kier alpha value is -3.46. The van der Waals surface area contributed by atoms with Crippen LogP contribution < -0.4 is 15.7 Å². The van der Waals surface area contributed by atoms with Gasteiger partial charge in [0.25, 0.3) is 0 Å². The van der Waals surface area contributed by atoms with Gasteiger partial charge in [-0.25, -0.2) is 0 Å². The van der Waals surface area contributed by atoms with E-state index in [4.69, 9.17) is 9.26 Å². The quantitative estimate of drug-likeness (QED) is 0.382. The van der Waals surface area contributed by atoms with Crippen LogP contribution in [-0.4, -0.2) is 13.2 Å². The molecule has 4 nitrogen and oxygen atoms in total. The topological polar surface area (TPSA) is 47.6 Å². The van der Waals surface area contributed by atoms with Crippen molar-refractivity contribution in [1.29, 1.82) is 0 Å². The first-order valence-corrected chi connectivity index (χ1v) is 13.2. The van der Waals surface area contributed by atoms with E-state index in [1.165, 1.54) is 7.11 Å². The van der Waals surface area contributed by atoms with Crippen LogP contribution in [0.5, 0.6) is 0 Å². The van der Waals surface area contributed by atoms with E-state index in [9.17, 15) is 4.79 Å². The number of hydrogen-bond donors (Lipinski definition) is 1. The molecule has 0 bridgehead atoms. The molecule has 1 amide bonds.